The smallest absolute Gasteiger partial charge is 0.336 e. The third kappa shape index (κ3) is 4.06. The van der Waals surface area contributed by atoms with Crippen molar-refractivity contribution >= 4 is 17.0 Å². The number of ether oxygens (including phenoxy) is 1. The monoisotopic (exact) mass is 443 g/mol. The van der Waals surface area contributed by atoms with Crippen LogP contribution in [0.2, 0.25) is 0 Å². The van der Waals surface area contributed by atoms with Crippen LogP contribution in [0.5, 0.6) is 11.5 Å². The number of rotatable bonds is 6. The number of carboxylic acid groups (broad SMARTS) is 1. The maximum Gasteiger partial charge on any atom is 0.336 e. The van der Waals surface area contributed by atoms with Gasteiger partial charge in [-0.2, -0.15) is 5.10 Å². The van der Waals surface area contributed by atoms with E-state index in [2.05, 4.69) is 10.1 Å². The third-order valence-electron chi connectivity index (χ3n) is 5.19. The quantitative estimate of drug-likeness (QED) is 0.363. The van der Waals surface area contributed by atoms with Gasteiger partial charge in [-0.15, -0.1) is 0 Å². The normalized spacial score (nSPS) is 11.1. The molecule has 3 aromatic heterocycles. The Morgan fingerprint density at radius 1 is 1.09 bits per heavy atom. The van der Waals surface area contributed by atoms with E-state index in [4.69, 9.17) is 9.15 Å². The molecular weight excluding hydrogens is 425 g/mol. The van der Waals surface area contributed by atoms with Crippen molar-refractivity contribution in [1.82, 2.24) is 14.8 Å². The lowest BCUT2D eigenvalue weighted by Crippen LogP contribution is -2.05. The van der Waals surface area contributed by atoms with E-state index in [0.29, 0.717) is 46.2 Å². The fourth-order valence-corrected chi connectivity index (χ4v) is 3.66. The second-order valence-corrected chi connectivity index (χ2v) is 7.48. The molecule has 7 nitrogen and oxygen atoms in total. The molecule has 0 unspecified atom stereocenters. The molecule has 33 heavy (non-hydrogen) atoms. The highest BCUT2D eigenvalue weighted by molar-refractivity contribution is 6.04. The van der Waals surface area contributed by atoms with Crippen LogP contribution in [0.25, 0.3) is 22.5 Å². The van der Waals surface area contributed by atoms with E-state index in [-0.39, 0.29) is 11.4 Å². The average Bonchev–Trinajstić information content (AvgIpc) is 3.45. The summed E-state index contributed by atoms with van der Waals surface area (Å²) in [4.78, 5) is 16.6. The summed E-state index contributed by atoms with van der Waals surface area (Å²) in [6.45, 7) is 2.15. The number of aryl methyl sites for hydroxylation is 1. The van der Waals surface area contributed by atoms with Crippen molar-refractivity contribution in [2.75, 3.05) is 0 Å². The van der Waals surface area contributed by atoms with Gasteiger partial charge < -0.3 is 14.3 Å². The molecule has 0 fully saturated rings. The molecule has 8 heteroatoms. The van der Waals surface area contributed by atoms with Gasteiger partial charge in [0.25, 0.3) is 0 Å². The molecule has 164 valence electrons. The molecule has 0 atom stereocenters. The summed E-state index contributed by atoms with van der Waals surface area (Å²) in [7, 11) is 0. The second-order valence-electron chi connectivity index (χ2n) is 7.48. The van der Waals surface area contributed by atoms with E-state index in [0.717, 1.165) is 5.56 Å². The number of benzene rings is 2. The number of hydrogen-bond acceptors (Lipinski definition) is 5. The van der Waals surface area contributed by atoms with Gasteiger partial charge in [0.05, 0.1) is 29.5 Å². The maximum atomic E-state index is 13.1. The number of nitrogens with zero attached hydrogens (tertiary/aromatic N) is 3. The highest BCUT2D eigenvalue weighted by Gasteiger charge is 2.20. The average molecular weight is 443 g/mol. The number of pyridine rings is 1. The van der Waals surface area contributed by atoms with Crippen LogP contribution >= 0.6 is 0 Å². The number of fused-ring (bicyclic) bond motifs is 1. The fraction of sp³-hybridized carbons (Fsp3) is 0.0800. The highest BCUT2D eigenvalue weighted by atomic mass is 19.1. The number of hydrogen-bond donors (Lipinski definition) is 1. The van der Waals surface area contributed by atoms with Gasteiger partial charge >= 0.3 is 5.97 Å². The molecule has 0 saturated heterocycles. The summed E-state index contributed by atoms with van der Waals surface area (Å²) in [6, 6.07) is 18.1. The van der Waals surface area contributed by atoms with Crippen molar-refractivity contribution < 1.29 is 23.4 Å². The summed E-state index contributed by atoms with van der Waals surface area (Å²) in [5, 5.41) is 14.8. The molecular formula is C25H18FN3O4. The van der Waals surface area contributed by atoms with Gasteiger partial charge in [-0.3, -0.25) is 0 Å². The summed E-state index contributed by atoms with van der Waals surface area (Å²) in [5.41, 5.74) is 2.52. The zero-order chi connectivity index (χ0) is 22.9. The number of aromatic carboxylic acids is 1. The molecule has 0 bridgehead atoms. The largest absolute Gasteiger partial charge is 0.478 e. The van der Waals surface area contributed by atoms with Crippen LogP contribution in [0.1, 0.15) is 21.6 Å². The zero-order valence-electron chi connectivity index (χ0n) is 17.5. The van der Waals surface area contributed by atoms with Crippen molar-refractivity contribution in [2.24, 2.45) is 0 Å². The Labute approximate surface area is 187 Å². The van der Waals surface area contributed by atoms with Crippen LogP contribution in [0, 0.1) is 12.7 Å². The predicted molar refractivity (Wildman–Crippen MR) is 119 cm³/mol. The van der Waals surface area contributed by atoms with E-state index in [9.17, 15) is 14.3 Å². The Morgan fingerprint density at radius 2 is 1.79 bits per heavy atom. The molecule has 3 heterocycles. The second kappa shape index (κ2) is 8.23. The van der Waals surface area contributed by atoms with E-state index in [1.54, 1.807) is 35.9 Å². The number of aromatic nitrogens is 3. The first-order valence-electron chi connectivity index (χ1n) is 10.2. The summed E-state index contributed by atoms with van der Waals surface area (Å²) >= 11 is 0. The van der Waals surface area contributed by atoms with Crippen molar-refractivity contribution in [3.63, 3.8) is 0 Å². The first-order valence-corrected chi connectivity index (χ1v) is 10.2. The molecule has 0 spiro atoms. The van der Waals surface area contributed by atoms with Gasteiger partial charge in [-0.05, 0) is 67.1 Å². The van der Waals surface area contributed by atoms with Crippen LogP contribution in [-0.4, -0.2) is 25.8 Å². The minimum absolute atomic E-state index is 0.123. The van der Waals surface area contributed by atoms with Crippen LogP contribution in [0.4, 0.5) is 4.39 Å². The van der Waals surface area contributed by atoms with Gasteiger partial charge in [-0.1, -0.05) is 12.1 Å². The molecule has 0 radical (unpaired) electrons. The maximum absolute atomic E-state index is 13.1. The fourth-order valence-electron chi connectivity index (χ4n) is 3.66. The summed E-state index contributed by atoms with van der Waals surface area (Å²) in [5.74, 6) is 0.244. The van der Waals surface area contributed by atoms with Gasteiger partial charge in [0.15, 0.2) is 11.4 Å². The number of furan rings is 1. The standard InChI is InChI=1S/C25H18FN3O4/c1-15-23-20(25(30)31)13-21(22-3-2-12-32-22)27-24(23)29(28-15)14-16-4-8-18(9-5-16)33-19-10-6-17(26)7-11-19/h2-13H,14H2,1H3,(H,30,31). The molecule has 5 rings (SSSR count). The molecule has 0 saturated carbocycles. The number of carboxylic acids is 1. The van der Waals surface area contributed by atoms with Gasteiger partial charge in [0, 0.05) is 0 Å². The predicted octanol–water partition coefficient (Wildman–Crippen LogP) is 5.68. The third-order valence-corrected chi connectivity index (χ3v) is 5.19. The van der Waals surface area contributed by atoms with E-state index in [1.165, 1.54) is 24.5 Å². The Balaban J connectivity index is 1.47. The van der Waals surface area contributed by atoms with Crippen LogP contribution in [-0.2, 0) is 6.54 Å². The van der Waals surface area contributed by atoms with Crippen molar-refractivity contribution in [3.05, 3.63) is 95.6 Å². The Morgan fingerprint density at radius 3 is 2.42 bits per heavy atom. The summed E-state index contributed by atoms with van der Waals surface area (Å²) in [6.07, 6.45) is 1.51. The SMILES string of the molecule is Cc1nn(Cc2ccc(Oc3ccc(F)cc3)cc2)c2nc(-c3ccco3)cc(C(=O)O)c12. The minimum atomic E-state index is -1.06. The number of carbonyl (C=O) groups is 1. The van der Waals surface area contributed by atoms with Crippen LogP contribution in [0.15, 0.2) is 77.4 Å². The zero-order valence-corrected chi connectivity index (χ0v) is 17.5. The van der Waals surface area contributed by atoms with E-state index < -0.39 is 5.97 Å². The van der Waals surface area contributed by atoms with Crippen LogP contribution < -0.4 is 4.74 Å². The number of halogens is 1. The molecule has 5 aromatic rings. The Hall–Kier alpha value is -4.46. The molecule has 0 aliphatic carbocycles. The highest BCUT2D eigenvalue weighted by Crippen LogP contribution is 2.28. The van der Waals surface area contributed by atoms with Gasteiger partial charge in [-0.25, -0.2) is 18.9 Å². The van der Waals surface area contributed by atoms with Crippen LogP contribution in [0.3, 0.4) is 0 Å². The van der Waals surface area contributed by atoms with Gasteiger partial charge in [0.2, 0.25) is 0 Å². The lowest BCUT2D eigenvalue weighted by Gasteiger charge is -2.08. The Kier molecular flexibility index (Phi) is 5.10. The summed E-state index contributed by atoms with van der Waals surface area (Å²) < 4.78 is 25.9. The van der Waals surface area contributed by atoms with Crippen molar-refractivity contribution in [3.8, 4) is 23.0 Å². The first-order chi connectivity index (χ1) is 16.0. The van der Waals surface area contributed by atoms with E-state index >= 15 is 0 Å². The lowest BCUT2D eigenvalue weighted by molar-refractivity contribution is 0.0699. The Bertz CT molecular complexity index is 1440. The van der Waals surface area contributed by atoms with E-state index in [1.807, 2.05) is 24.3 Å². The molecule has 0 aliphatic rings. The lowest BCUT2D eigenvalue weighted by atomic mass is 10.1. The first kappa shape index (κ1) is 20.4. The molecule has 1 N–H and O–H groups in total. The van der Waals surface area contributed by atoms with Gasteiger partial charge in [0.1, 0.15) is 23.0 Å². The molecule has 2 aromatic carbocycles. The topological polar surface area (TPSA) is 90.4 Å². The van der Waals surface area contributed by atoms with Crippen molar-refractivity contribution in [2.45, 2.75) is 13.5 Å². The molecule has 0 amide bonds. The minimum Gasteiger partial charge on any atom is -0.478 e. The molecule has 0 aliphatic heterocycles. The van der Waals surface area contributed by atoms with Crippen molar-refractivity contribution in [1.29, 1.82) is 0 Å².